The first kappa shape index (κ1) is 21.3. The summed E-state index contributed by atoms with van der Waals surface area (Å²) < 4.78 is 6.19. The van der Waals surface area contributed by atoms with E-state index in [9.17, 15) is 0 Å². The van der Waals surface area contributed by atoms with Crippen LogP contribution >= 0.6 is 0 Å². The van der Waals surface area contributed by atoms with E-state index in [2.05, 4.69) is 27.7 Å². The maximum atomic E-state index is 6.19. The fraction of sp³-hybridized carbons (Fsp3) is 1.00. The highest BCUT2D eigenvalue weighted by molar-refractivity contribution is 4.85. The van der Waals surface area contributed by atoms with Gasteiger partial charge in [0.2, 0.25) is 0 Å². The molecule has 0 aromatic carbocycles. The van der Waals surface area contributed by atoms with Gasteiger partial charge in [-0.2, -0.15) is 0 Å². The summed E-state index contributed by atoms with van der Waals surface area (Å²) in [7, 11) is 0. The van der Waals surface area contributed by atoms with Gasteiger partial charge in [0.1, 0.15) is 0 Å². The molecule has 4 atom stereocenters. The van der Waals surface area contributed by atoms with E-state index in [0.717, 1.165) is 36.2 Å². The summed E-state index contributed by atoms with van der Waals surface area (Å²) in [4.78, 5) is 0. The molecular weight excluding hydrogens is 304 g/mol. The summed E-state index contributed by atoms with van der Waals surface area (Å²) >= 11 is 0. The minimum Gasteiger partial charge on any atom is -0.378 e. The van der Waals surface area contributed by atoms with Crippen LogP contribution in [0.15, 0.2) is 0 Å². The first-order valence-electron chi connectivity index (χ1n) is 11.8. The van der Waals surface area contributed by atoms with Crippen LogP contribution in [-0.2, 0) is 4.74 Å². The zero-order valence-electron chi connectivity index (χ0n) is 17.8. The van der Waals surface area contributed by atoms with Crippen LogP contribution in [0.4, 0.5) is 0 Å². The molecule has 1 nitrogen and oxygen atoms in total. The average Bonchev–Trinajstić information content (AvgIpc) is 2.64. The Balaban J connectivity index is 1.65. The number of hydrogen-bond donors (Lipinski definition) is 0. The Morgan fingerprint density at radius 1 is 0.680 bits per heavy atom. The lowest BCUT2D eigenvalue weighted by Gasteiger charge is -2.40. The van der Waals surface area contributed by atoms with Crippen LogP contribution in [0, 0.1) is 29.6 Å². The highest BCUT2D eigenvalue weighted by Crippen LogP contribution is 2.41. The van der Waals surface area contributed by atoms with E-state index < -0.39 is 0 Å². The summed E-state index contributed by atoms with van der Waals surface area (Å²) in [5.41, 5.74) is 0. The zero-order chi connectivity index (χ0) is 18.1. The minimum atomic E-state index is 0.534. The van der Waals surface area contributed by atoms with E-state index in [4.69, 9.17) is 4.74 Å². The number of hydrogen-bond acceptors (Lipinski definition) is 1. The second kappa shape index (κ2) is 11.6. The molecule has 0 spiro atoms. The Labute approximate surface area is 158 Å². The van der Waals surface area contributed by atoms with Crippen LogP contribution in [-0.4, -0.2) is 12.7 Å². The van der Waals surface area contributed by atoms with Crippen molar-refractivity contribution in [2.24, 2.45) is 29.6 Å². The second-order valence-electron chi connectivity index (χ2n) is 9.42. The Kier molecular flexibility index (Phi) is 9.89. The number of ether oxygens (including phenoxy) is 1. The predicted octanol–water partition coefficient (Wildman–Crippen LogP) is 7.63. The molecule has 0 heterocycles. The van der Waals surface area contributed by atoms with Gasteiger partial charge in [-0.15, -0.1) is 0 Å². The molecule has 0 saturated heterocycles. The molecule has 0 bridgehead atoms. The first-order valence-corrected chi connectivity index (χ1v) is 11.8. The van der Waals surface area contributed by atoms with Gasteiger partial charge in [-0.25, -0.2) is 0 Å². The predicted molar refractivity (Wildman–Crippen MR) is 110 cm³/mol. The lowest BCUT2D eigenvalue weighted by atomic mass is 9.69. The Bertz CT molecular complexity index is 331. The van der Waals surface area contributed by atoms with Gasteiger partial charge in [0.15, 0.2) is 0 Å². The van der Waals surface area contributed by atoms with Gasteiger partial charge in [0.05, 0.1) is 6.10 Å². The normalized spacial score (nSPS) is 36.5. The molecule has 0 N–H and O–H groups in total. The third-order valence-electron chi connectivity index (χ3n) is 7.69. The Hall–Kier alpha value is -0.0400. The summed E-state index contributed by atoms with van der Waals surface area (Å²) in [5, 5.41) is 0. The Morgan fingerprint density at radius 3 is 1.96 bits per heavy atom. The smallest absolute Gasteiger partial charge is 0.0603 e. The van der Waals surface area contributed by atoms with Crippen LogP contribution in [0.25, 0.3) is 0 Å². The molecular formula is C24H46O. The van der Waals surface area contributed by atoms with Gasteiger partial charge < -0.3 is 4.74 Å². The van der Waals surface area contributed by atoms with Crippen molar-refractivity contribution >= 4 is 0 Å². The number of rotatable bonds is 10. The molecule has 2 aliphatic rings. The highest BCUT2D eigenvalue weighted by Gasteiger charge is 2.34. The molecule has 0 aromatic heterocycles. The van der Waals surface area contributed by atoms with Gasteiger partial charge in [-0.1, -0.05) is 85.5 Å². The standard InChI is InChI=1S/C24H46O/c1-5-7-9-21-10-12-22(13-11-21)14-15-23-16-17-24(20(4)19(23)3)25-18-8-6-2/h19-24H,5-18H2,1-4H3. The van der Waals surface area contributed by atoms with Crippen molar-refractivity contribution in [3.05, 3.63) is 0 Å². The average molecular weight is 351 g/mol. The topological polar surface area (TPSA) is 9.23 Å². The third kappa shape index (κ3) is 6.89. The van der Waals surface area contributed by atoms with Crippen LogP contribution in [0.5, 0.6) is 0 Å². The van der Waals surface area contributed by atoms with E-state index in [0.29, 0.717) is 6.10 Å². The molecule has 148 valence electrons. The Morgan fingerprint density at radius 2 is 1.32 bits per heavy atom. The summed E-state index contributed by atoms with van der Waals surface area (Å²) in [6.45, 7) is 10.5. The lowest BCUT2D eigenvalue weighted by Crippen LogP contribution is -2.37. The summed E-state index contributed by atoms with van der Waals surface area (Å²) in [6.07, 6.45) is 19.1. The molecule has 2 fully saturated rings. The van der Waals surface area contributed by atoms with Gasteiger partial charge >= 0.3 is 0 Å². The van der Waals surface area contributed by atoms with Gasteiger partial charge in [-0.05, 0) is 55.3 Å². The van der Waals surface area contributed by atoms with Crippen LogP contribution in [0.3, 0.4) is 0 Å². The van der Waals surface area contributed by atoms with E-state index in [1.807, 2.05) is 0 Å². The van der Waals surface area contributed by atoms with Crippen molar-refractivity contribution in [1.29, 1.82) is 0 Å². The van der Waals surface area contributed by atoms with Gasteiger partial charge in [0.25, 0.3) is 0 Å². The fourth-order valence-electron chi connectivity index (χ4n) is 5.44. The van der Waals surface area contributed by atoms with Gasteiger partial charge in [-0.3, -0.25) is 0 Å². The second-order valence-corrected chi connectivity index (χ2v) is 9.42. The minimum absolute atomic E-state index is 0.534. The summed E-state index contributed by atoms with van der Waals surface area (Å²) in [5.74, 6) is 4.66. The van der Waals surface area contributed by atoms with Crippen molar-refractivity contribution in [3.63, 3.8) is 0 Å². The zero-order valence-corrected chi connectivity index (χ0v) is 17.8. The van der Waals surface area contributed by atoms with Crippen LogP contribution in [0.2, 0.25) is 0 Å². The van der Waals surface area contributed by atoms with E-state index in [1.165, 1.54) is 83.5 Å². The molecule has 2 aliphatic carbocycles. The molecule has 2 saturated carbocycles. The molecule has 1 heteroatoms. The van der Waals surface area contributed by atoms with Crippen molar-refractivity contribution < 1.29 is 4.74 Å². The van der Waals surface area contributed by atoms with E-state index >= 15 is 0 Å². The SMILES string of the molecule is CCCCOC1CCC(CCC2CCC(CCCC)CC2)C(C)C1C. The van der Waals surface area contributed by atoms with Gasteiger partial charge in [0, 0.05) is 6.61 Å². The molecule has 0 aliphatic heterocycles. The fourth-order valence-corrected chi connectivity index (χ4v) is 5.44. The highest BCUT2D eigenvalue weighted by atomic mass is 16.5. The third-order valence-corrected chi connectivity index (χ3v) is 7.69. The quantitative estimate of drug-likeness (QED) is 0.368. The van der Waals surface area contributed by atoms with Crippen LogP contribution in [0.1, 0.15) is 111 Å². The molecule has 4 unspecified atom stereocenters. The van der Waals surface area contributed by atoms with E-state index in [-0.39, 0.29) is 0 Å². The van der Waals surface area contributed by atoms with Crippen molar-refractivity contribution in [2.75, 3.05) is 6.61 Å². The molecule has 0 radical (unpaired) electrons. The van der Waals surface area contributed by atoms with Crippen molar-refractivity contribution in [2.45, 2.75) is 117 Å². The summed E-state index contributed by atoms with van der Waals surface area (Å²) in [6, 6.07) is 0. The van der Waals surface area contributed by atoms with E-state index in [1.54, 1.807) is 0 Å². The lowest BCUT2D eigenvalue weighted by molar-refractivity contribution is -0.0440. The maximum Gasteiger partial charge on any atom is 0.0603 e. The first-order chi connectivity index (χ1) is 12.2. The number of unbranched alkanes of at least 4 members (excludes halogenated alkanes) is 2. The van der Waals surface area contributed by atoms with Crippen molar-refractivity contribution in [3.8, 4) is 0 Å². The molecule has 0 aromatic rings. The molecule has 2 rings (SSSR count). The van der Waals surface area contributed by atoms with Crippen LogP contribution < -0.4 is 0 Å². The largest absolute Gasteiger partial charge is 0.378 e. The molecule has 25 heavy (non-hydrogen) atoms. The molecule has 0 amide bonds. The monoisotopic (exact) mass is 350 g/mol. The maximum absolute atomic E-state index is 6.19. The van der Waals surface area contributed by atoms with Crippen molar-refractivity contribution in [1.82, 2.24) is 0 Å².